The van der Waals surface area contributed by atoms with Crippen LogP contribution < -0.4 is 5.73 Å². The van der Waals surface area contributed by atoms with Crippen LogP contribution in [0.3, 0.4) is 0 Å². The Kier molecular flexibility index (Phi) is 3.46. The van der Waals surface area contributed by atoms with E-state index in [1.165, 1.54) is 0 Å². The summed E-state index contributed by atoms with van der Waals surface area (Å²) in [6.07, 6.45) is -0.450. The minimum absolute atomic E-state index is 0.450. The number of carboxylic acid groups (broad SMARTS) is 1. The summed E-state index contributed by atoms with van der Waals surface area (Å²) in [5.74, 6) is -2.26. The highest BCUT2D eigenvalue weighted by Gasteiger charge is 2.11. The molecule has 0 aromatic rings. The van der Waals surface area contributed by atoms with E-state index in [1.807, 2.05) is 0 Å². The second-order valence-electron chi connectivity index (χ2n) is 1.54. The highest BCUT2D eigenvalue weighted by Crippen LogP contribution is 2.19. The second kappa shape index (κ2) is 3.61. The van der Waals surface area contributed by atoms with E-state index < -0.39 is 26.2 Å². The fraction of sp³-hybridized carbons (Fsp3) is 0.667. The minimum Gasteiger partial charge on any atom is -0.481 e. The van der Waals surface area contributed by atoms with Gasteiger partial charge in [-0.05, 0) is 0 Å². The molecule has 5 nitrogen and oxygen atoms in total. The molecule has 0 heterocycles. The van der Waals surface area contributed by atoms with E-state index in [9.17, 15) is 9.36 Å². The topological polar surface area (TPSA) is 101 Å². The summed E-state index contributed by atoms with van der Waals surface area (Å²) < 4.78 is 10.0. The van der Waals surface area contributed by atoms with Crippen LogP contribution in [0.25, 0.3) is 0 Å². The molecule has 2 atom stereocenters. The van der Waals surface area contributed by atoms with Gasteiger partial charge in [0.05, 0.1) is 12.2 Å². The Balaban J connectivity index is 3.63. The molecule has 2 unspecified atom stereocenters. The SMILES string of the molecule is NC(CC(=O)O)[PH](=O)O. The number of hydrogen-bond acceptors (Lipinski definition) is 3. The van der Waals surface area contributed by atoms with Crippen molar-refractivity contribution in [3.8, 4) is 0 Å². The maximum absolute atomic E-state index is 10.0. The van der Waals surface area contributed by atoms with Gasteiger partial charge >= 0.3 is 5.97 Å². The van der Waals surface area contributed by atoms with Gasteiger partial charge in [-0.15, -0.1) is 0 Å². The maximum Gasteiger partial charge on any atom is 0.305 e. The molecule has 0 spiro atoms. The van der Waals surface area contributed by atoms with Crippen LogP contribution in [-0.4, -0.2) is 21.8 Å². The molecule has 9 heavy (non-hydrogen) atoms. The van der Waals surface area contributed by atoms with Crippen LogP contribution in [0, 0.1) is 0 Å². The average molecular weight is 153 g/mol. The Morgan fingerprint density at radius 2 is 2.22 bits per heavy atom. The van der Waals surface area contributed by atoms with Gasteiger partial charge in [0.15, 0.2) is 0 Å². The van der Waals surface area contributed by atoms with Crippen LogP contribution in [0.1, 0.15) is 6.42 Å². The molecule has 0 radical (unpaired) electrons. The van der Waals surface area contributed by atoms with Crippen molar-refractivity contribution < 1.29 is 19.4 Å². The molecule has 0 saturated carbocycles. The van der Waals surface area contributed by atoms with Gasteiger partial charge in [-0.3, -0.25) is 9.36 Å². The predicted molar refractivity (Wildman–Crippen MR) is 31.4 cm³/mol. The first-order valence-corrected chi connectivity index (χ1v) is 3.67. The third kappa shape index (κ3) is 4.14. The number of aliphatic carboxylic acids is 1. The molecule has 0 aliphatic heterocycles. The Hall–Kier alpha value is -0.380. The van der Waals surface area contributed by atoms with E-state index in [1.54, 1.807) is 0 Å². The highest BCUT2D eigenvalue weighted by molar-refractivity contribution is 7.38. The Morgan fingerprint density at radius 1 is 1.78 bits per heavy atom. The highest BCUT2D eigenvalue weighted by atomic mass is 31.1. The van der Waals surface area contributed by atoms with Gasteiger partial charge in [-0.2, -0.15) is 0 Å². The molecule has 0 aromatic carbocycles. The quantitative estimate of drug-likeness (QED) is 0.461. The lowest BCUT2D eigenvalue weighted by molar-refractivity contribution is -0.137. The lowest BCUT2D eigenvalue weighted by Crippen LogP contribution is -2.19. The van der Waals surface area contributed by atoms with E-state index >= 15 is 0 Å². The summed E-state index contributed by atoms with van der Waals surface area (Å²) in [6.45, 7) is 0. The first-order chi connectivity index (χ1) is 4.04. The molecular weight excluding hydrogens is 145 g/mol. The number of nitrogens with two attached hydrogens (primary N) is 1. The number of rotatable bonds is 3. The van der Waals surface area contributed by atoms with Crippen LogP contribution in [0.15, 0.2) is 0 Å². The zero-order valence-electron chi connectivity index (χ0n) is 4.57. The fourth-order valence-electron chi connectivity index (χ4n) is 0.275. The van der Waals surface area contributed by atoms with Gasteiger partial charge in [0.2, 0.25) is 8.03 Å². The predicted octanol–water partition coefficient (Wildman–Crippen LogP) is -0.787. The zero-order chi connectivity index (χ0) is 7.44. The summed E-state index contributed by atoms with van der Waals surface area (Å²) in [7, 11) is -2.86. The molecule has 4 N–H and O–H groups in total. The Labute approximate surface area is 52.4 Å². The van der Waals surface area contributed by atoms with Crippen molar-refractivity contribution in [2.24, 2.45) is 5.73 Å². The average Bonchev–Trinajstić information content (AvgIpc) is 1.63. The molecule has 6 heteroatoms. The van der Waals surface area contributed by atoms with Crippen LogP contribution in [0.5, 0.6) is 0 Å². The lowest BCUT2D eigenvalue weighted by Gasteiger charge is -2.00. The normalized spacial score (nSPS) is 16.7. The van der Waals surface area contributed by atoms with Crippen molar-refractivity contribution >= 4 is 14.0 Å². The number of hydrogen-bond donors (Lipinski definition) is 3. The third-order valence-electron chi connectivity index (χ3n) is 0.712. The molecule has 0 bridgehead atoms. The fourth-order valence-corrected chi connectivity index (χ4v) is 0.625. The molecule has 0 amide bonds. The van der Waals surface area contributed by atoms with Gasteiger partial charge in [-0.1, -0.05) is 0 Å². The monoisotopic (exact) mass is 153 g/mol. The van der Waals surface area contributed by atoms with Crippen LogP contribution in [-0.2, 0) is 9.36 Å². The van der Waals surface area contributed by atoms with E-state index in [0.717, 1.165) is 0 Å². The molecule has 54 valence electrons. The Morgan fingerprint density at radius 3 is 2.33 bits per heavy atom. The van der Waals surface area contributed by atoms with E-state index in [2.05, 4.69) is 0 Å². The van der Waals surface area contributed by atoms with Gasteiger partial charge in [0.1, 0.15) is 0 Å². The first kappa shape index (κ1) is 8.62. The molecular formula is C3H8NO4P. The van der Waals surface area contributed by atoms with Gasteiger partial charge in [-0.25, -0.2) is 0 Å². The molecule has 0 fully saturated rings. The first-order valence-electron chi connectivity index (χ1n) is 2.24. The lowest BCUT2D eigenvalue weighted by atomic mass is 10.4. The summed E-state index contributed by atoms with van der Waals surface area (Å²) in [4.78, 5) is 18.0. The molecule has 0 aliphatic carbocycles. The van der Waals surface area contributed by atoms with E-state index in [-0.39, 0.29) is 0 Å². The molecule has 0 aromatic heterocycles. The third-order valence-corrected chi connectivity index (χ3v) is 1.55. The summed E-state index contributed by atoms with van der Waals surface area (Å²) in [5, 5.41) is 8.02. The van der Waals surface area contributed by atoms with Crippen molar-refractivity contribution in [3.05, 3.63) is 0 Å². The maximum atomic E-state index is 10.0. The van der Waals surface area contributed by atoms with E-state index in [4.69, 9.17) is 15.7 Å². The minimum atomic E-state index is -2.86. The second-order valence-corrected chi connectivity index (χ2v) is 2.96. The van der Waals surface area contributed by atoms with Crippen LogP contribution in [0.2, 0.25) is 0 Å². The van der Waals surface area contributed by atoms with Gasteiger partial charge in [0, 0.05) is 0 Å². The molecule has 0 saturated heterocycles. The number of carbonyl (C=O) groups is 1. The van der Waals surface area contributed by atoms with Crippen molar-refractivity contribution in [2.75, 3.05) is 0 Å². The molecule has 0 rings (SSSR count). The summed E-state index contributed by atoms with van der Waals surface area (Å²) in [6, 6.07) is 0. The van der Waals surface area contributed by atoms with E-state index in [0.29, 0.717) is 0 Å². The zero-order valence-corrected chi connectivity index (χ0v) is 5.57. The largest absolute Gasteiger partial charge is 0.481 e. The Bertz CT molecular complexity index is 136. The van der Waals surface area contributed by atoms with Crippen LogP contribution >= 0.6 is 8.03 Å². The van der Waals surface area contributed by atoms with Gasteiger partial charge in [0.25, 0.3) is 0 Å². The van der Waals surface area contributed by atoms with Crippen molar-refractivity contribution in [1.82, 2.24) is 0 Å². The van der Waals surface area contributed by atoms with Crippen molar-refractivity contribution in [1.29, 1.82) is 0 Å². The van der Waals surface area contributed by atoms with Crippen LogP contribution in [0.4, 0.5) is 0 Å². The standard InChI is InChI=1S/C3H8NO4P/c4-2(9(7)8)1-3(5)6/h2,9H,1,4H2,(H,5,6)(H,7,8). The van der Waals surface area contributed by atoms with Gasteiger partial charge < -0.3 is 15.7 Å². The summed E-state index contributed by atoms with van der Waals surface area (Å²) >= 11 is 0. The van der Waals surface area contributed by atoms with Crippen molar-refractivity contribution in [3.63, 3.8) is 0 Å². The summed E-state index contributed by atoms with van der Waals surface area (Å²) in [5.41, 5.74) is 4.92. The molecule has 0 aliphatic rings. The smallest absolute Gasteiger partial charge is 0.305 e. The van der Waals surface area contributed by atoms with Crippen molar-refractivity contribution in [2.45, 2.75) is 12.2 Å². The number of carboxylic acids is 1.